The zero-order valence-electron chi connectivity index (χ0n) is 25.0. The van der Waals surface area contributed by atoms with E-state index in [1.807, 2.05) is 18.2 Å². The molecule has 212 valence electrons. The molecule has 9 aromatic rings. The summed E-state index contributed by atoms with van der Waals surface area (Å²) >= 11 is 0. The Bertz CT molecular complexity index is 2710. The van der Waals surface area contributed by atoms with E-state index in [2.05, 4.69) is 152 Å². The highest BCUT2D eigenvalue weighted by atomic mass is 14.2. The van der Waals surface area contributed by atoms with E-state index in [9.17, 15) is 5.26 Å². The van der Waals surface area contributed by atoms with Crippen LogP contribution in [0.5, 0.6) is 0 Å². The van der Waals surface area contributed by atoms with Gasteiger partial charge in [-0.15, -0.1) is 0 Å². The van der Waals surface area contributed by atoms with E-state index in [0.717, 1.165) is 16.7 Å². The van der Waals surface area contributed by atoms with Gasteiger partial charge in [0.25, 0.3) is 0 Å². The molecule has 0 spiro atoms. The maximum atomic E-state index is 9.48. The van der Waals surface area contributed by atoms with Crippen LogP contribution in [-0.4, -0.2) is 0 Å². The molecule has 0 aliphatic carbocycles. The Morgan fingerprint density at radius 1 is 0.326 bits per heavy atom. The summed E-state index contributed by atoms with van der Waals surface area (Å²) in [6.45, 7) is 0. The van der Waals surface area contributed by atoms with Gasteiger partial charge in [-0.3, -0.25) is 0 Å². The van der Waals surface area contributed by atoms with Crippen molar-refractivity contribution in [1.29, 1.82) is 5.26 Å². The van der Waals surface area contributed by atoms with Crippen molar-refractivity contribution in [2.24, 2.45) is 0 Å². The molecule has 0 N–H and O–H groups in total. The summed E-state index contributed by atoms with van der Waals surface area (Å²) < 4.78 is 0. The number of nitriles is 1. The second-order valence-corrected chi connectivity index (χ2v) is 12.0. The van der Waals surface area contributed by atoms with Gasteiger partial charge in [0.05, 0.1) is 11.6 Å². The molecule has 0 heterocycles. The Kier molecular flexibility index (Phi) is 5.95. The third-order valence-electron chi connectivity index (χ3n) is 9.42. The molecular formula is C45H27N. The largest absolute Gasteiger partial charge is 0.192 e. The smallest absolute Gasteiger partial charge is 0.0991 e. The molecule has 46 heavy (non-hydrogen) atoms. The molecule has 1 nitrogen and oxygen atoms in total. The Labute approximate surface area is 267 Å². The fourth-order valence-electron chi connectivity index (χ4n) is 7.24. The van der Waals surface area contributed by atoms with E-state index >= 15 is 0 Å². The van der Waals surface area contributed by atoms with E-state index in [1.165, 1.54) is 70.6 Å². The third-order valence-corrected chi connectivity index (χ3v) is 9.42. The lowest BCUT2D eigenvalue weighted by Gasteiger charge is -2.17. The number of hydrogen-bond donors (Lipinski definition) is 0. The van der Waals surface area contributed by atoms with Crippen molar-refractivity contribution in [1.82, 2.24) is 0 Å². The molecule has 9 rings (SSSR count). The second-order valence-electron chi connectivity index (χ2n) is 12.0. The van der Waals surface area contributed by atoms with Gasteiger partial charge in [0.15, 0.2) is 0 Å². The van der Waals surface area contributed by atoms with Crippen LogP contribution in [0.25, 0.3) is 87.2 Å². The van der Waals surface area contributed by atoms with Gasteiger partial charge in [0.1, 0.15) is 0 Å². The second kappa shape index (κ2) is 10.4. The first kappa shape index (κ1) is 26.2. The highest BCUT2D eigenvalue weighted by Crippen LogP contribution is 2.44. The predicted octanol–water partition coefficient (Wildman–Crippen LogP) is 12.3. The van der Waals surface area contributed by atoms with E-state index < -0.39 is 0 Å². The molecule has 0 atom stereocenters. The van der Waals surface area contributed by atoms with Crippen molar-refractivity contribution in [3.8, 4) is 39.4 Å². The lowest BCUT2D eigenvalue weighted by Crippen LogP contribution is -1.90. The van der Waals surface area contributed by atoms with Crippen molar-refractivity contribution < 1.29 is 0 Å². The molecule has 0 bridgehead atoms. The minimum absolute atomic E-state index is 0.668. The van der Waals surface area contributed by atoms with Crippen LogP contribution >= 0.6 is 0 Å². The summed E-state index contributed by atoms with van der Waals surface area (Å²) in [4.78, 5) is 0. The lowest BCUT2D eigenvalue weighted by molar-refractivity contribution is 1.48. The Morgan fingerprint density at radius 2 is 0.913 bits per heavy atom. The minimum atomic E-state index is 0.668. The van der Waals surface area contributed by atoms with Gasteiger partial charge in [0, 0.05) is 0 Å². The zero-order chi connectivity index (χ0) is 30.6. The quantitative estimate of drug-likeness (QED) is 0.190. The number of fused-ring (bicyclic) bond motifs is 9. The van der Waals surface area contributed by atoms with Gasteiger partial charge in [-0.25, -0.2) is 0 Å². The van der Waals surface area contributed by atoms with Crippen LogP contribution in [-0.2, 0) is 0 Å². The Morgan fingerprint density at radius 3 is 1.74 bits per heavy atom. The van der Waals surface area contributed by atoms with Crippen molar-refractivity contribution in [2.75, 3.05) is 0 Å². The number of rotatable bonds is 3. The molecule has 0 amide bonds. The van der Waals surface area contributed by atoms with Crippen LogP contribution in [0.1, 0.15) is 5.56 Å². The predicted molar refractivity (Wildman–Crippen MR) is 195 cm³/mol. The molecule has 0 saturated heterocycles. The zero-order valence-corrected chi connectivity index (χ0v) is 25.0. The molecule has 0 radical (unpaired) electrons. The van der Waals surface area contributed by atoms with Gasteiger partial charge in [-0.1, -0.05) is 127 Å². The van der Waals surface area contributed by atoms with Crippen LogP contribution in [0.2, 0.25) is 0 Å². The van der Waals surface area contributed by atoms with Crippen LogP contribution in [0.4, 0.5) is 0 Å². The van der Waals surface area contributed by atoms with Crippen LogP contribution in [0.3, 0.4) is 0 Å². The van der Waals surface area contributed by atoms with Crippen molar-refractivity contribution in [2.45, 2.75) is 0 Å². The van der Waals surface area contributed by atoms with Gasteiger partial charge >= 0.3 is 0 Å². The molecule has 0 fully saturated rings. The highest BCUT2D eigenvalue weighted by Gasteiger charge is 2.16. The van der Waals surface area contributed by atoms with E-state index in [1.54, 1.807) is 0 Å². The normalized spacial score (nSPS) is 11.5. The van der Waals surface area contributed by atoms with Gasteiger partial charge in [-0.05, 0) is 124 Å². The van der Waals surface area contributed by atoms with Crippen LogP contribution in [0.15, 0.2) is 164 Å². The molecule has 0 aliphatic heterocycles. The number of nitrogens with zero attached hydrogens (tertiary/aromatic N) is 1. The summed E-state index contributed by atoms with van der Waals surface area (Å²) in [6, 6.07) is 61.1. The first-order chi connectivity index (χ1) is 22.7. The summed E-state index contributed by atoms with van der Waals surface area (Å²) in [6.07, 6.45) is 0. The van der Waals surface area contributed by atoms with E-state index in [4.69, 9.17) is 0 Å². The van der Waals surface area contributed by atoms with Crippen LogP contribution in [0, 0.1) is 11.3 Å². The monoisotopic (exact) mass is 581 g/mol. The molecule has 1 heteroatoms. The van der Waals surface area contributed by atoms with Gasteiger partial charge < -0.3 is 0 Å². The number of hydrogen-bond acceptors (Lipinski definition) is 1. The van der Waals surface area contributed by atoms with Gasteiger partial charge in [0.2, 0.25) is 0 Å². The summed E-state index contributed by atoms with van der Waals surface area (Å²) in [7, 11) is 0. The maximum absolute atomic E-state index is 9.48. The summed E-state index contributed by atoms with van der Waals surface area (Å²) in [5.41, 5.74) is 7.63. The molecule has 0 aliphatic rings. The SMILES string of the molecule is N#Cc1cccc(-c2cccc(-c3cc4c5ccccc5c5cc(-c6ccc7ccccc7c6)ccc5c4c4ccccc34)c2)c1. The standard InChI is InChI=1S/C45H27N/c46-28-29-9-7-12-31(23-29)33-13-8-14-36(25-33)42-27-44-38-16-4-3-15-37(38)43-26-35(34-20-19-30-10-1-2-11-32(30)24-34)21-22-41(43)45(44)40-18-6-5-17-39(40)42/h1-27H. The fraction of sp³-hybridized carbons (Fsp3) is 0. The lowest BCUT2D eigenvalue weighted by atomic mass is 9.86. The molecule has 0 unspecified atom stereocenters. The van der Waals surface area contributed by atoms with E-state index in [-0.39, 0.29) is 0 Å². The molecule has 9 aromatic carbocycles. The van der Waals surface area contributed by atoms with Gasteiger partial charge in [-0.2, -0.15) is 5.26 Å². The molecular weight excluding hydrogens is 555 g/mol. The van der Waals surface area contributed by atoms with Crippen molar-refractivity contribution in [3.05, 3.63) is 169 Å². The Balaban J connectivity index is 1.32. The van der Waals surface area contributed by atoms with Crippen LogP contribution < -0.4 is 0 Å². The highest BCUT2D eigenvalue weighted by molar-refractivity contribution is 6.33. The first-order valence-electron chi connectivity index (χ1n) is 15.7. The molecule has 0 saturated carbocycles. The third kappa shape index (κ3) is 4.16. The van der Waals surface area contributed by atoms with E-state index in [0.29, 0.717) is 5.56 Å². The average Bonchev–Trinajstić information content (AvgIpc) is 3.14. The maximum Gasteiger partial charge on any atom is 0.0991 e. The average molecular weight is 582 g/mol. The Hall–Kier alpha value is -6.23. The topological polar surface area (TPSA) is 23.8 Å². The molecule has 0 aromatic heterocycles. The first-order valence-corrected chi connectivity index (χ1v) is 15.7. The van der Waals surface area contributed by atoms with Crippen molar-refractivity contribution in [3.63, 3.8) is 0 Å². The fourth-order valence-corrected chi connectivity index (χ4v) is 7.24. The number of benzene rings is 9. The summed E-state index contributed by atoms with van der Waals surface area (Å²) in [5, 5.41) is 22.1. The minimum Gasteiger partial charge on any atom is -0.192 e. The van der Waals surface area contributed by atoms with Crippen molar-refractivity contribution >= 4 is 53.9 Å². The summed E-state index contributed by atoms with van der Waals surface area (Å²) in [5.74, 6) is 0.